The summed E-state index contributed by atoms with van der Waals surface area (Å²) in [6, 6.07) is 0. The molecule has 0 aromatic carbocycles. The Balaban J connectivity index is 1.93. The zero-order valence-corrected chi connectivity index (χ0v) is 13.1. The second-order valence-corrected chi connectivity index (χ2v) is 7.59. The minimum atomic E-state index is -3.31. The van der Waals surface area contributed by atoms with E-state index >= 15 is 0 Å². The van der Waals surface area contributed by atoms with Crippen molar-refractivity contribution in [2.45, 2.75) is 38.7 Å². The van der Waals surface area contributed by atoms with Crippen LogP contribution in [0.25, 0.3) is 0 Å². The summed E-state index contributed by atoms with van der Waals surface area (Å²) in [5.41, 5.74) is 5.69. The Hall–Kier alpha value is -0.210. The topological polar surface area (TPSA) is 75.9 Å². The second-order valence-electron chi connectivity index (χ2n) is 5.66. The molecule has 6 nitrogen and oxygen atoms in total. The molecule has 2 heterocycles. The predicted molar refractivity (Wildman–Crippen MR) is 78.5 cm³/mol. The molecular weight excluding hydrogens is 278 g/mol. The largest absolute Gasteiger partial charge is 0.378 e. The van der Waals surface area contributed by atoms with Crippen molar-refractivity contribution >= 4 is 10.2 Å². The van der Waals surface area contributed by atoms with E-state index < -0.39 is 10.2 Å². The van der Waals surface area contributed by atoms with E-state index in [1.54, 1.807) is 8.61 Å². The Labute approximate surface area is 122 Å². The van der Waals surface area contributed by atoms with E-state index in [2.05, 4.69) is 0 Å². The molecule has 2 N–H and O–H groups in total. The summed E-state index contributed by atoms with van der Waals surface area (Å²) >= 11 is 0. The minimum Gasteiger partial charge on any atom is -0.378 e. The summed E-state index contributed by atoms with van der Waals surface area (Å²) in [4.78, 5) is 0. The summed E-state index contributed by atoms with van der Waals surface area (Å²) in [5.74, 6) is 0.305. The van der Waals surface area contributed by atoms with Crippen LogP contribution >= 0.6 is 0 Å². The van der Waals surface area contributed by atoms with Gasteiger partial charge >= 0.3 is 0 Å². The zero-order chi connectivity index (χ0) is 14.6. The van der Waals surface area contributed by atoms with Crippen LogP contribution in [0.1, 0.15) is 32.6 Å². The Bertz CT molecular complexity index is 394. The zero-order valence-electron chi connectivity index (χ0n) is 12.3. The average Bonchev–Trinajstić information content (AvgIpc) is 2.48. The third-order valence-corrected chi connectivity index (χ3v) is 6.27. The lowest BCUT2D eigenvalue weighted by Crippen LogP contribution is -2.51. The van der Waals surface area contributed by atoms with Crippen molar-refractivity contribution in [2.75, 3.05) is 39.3 Å². The first kappa shape index (κ1) is 16.2. The monoisotopic (exact) mass is 305 g/mol. The Morgan fingerprint density at radius 2 is 1.85 bits per heavy atom. The van der Waals surface area contributed by atoms with Gasteiger partial charge in [-0.3, -0.25) is 0 Å². The van der Waals surface area contributed by atoms with Gasteiger partial charge in [0.25, 0.3) is 10.2 Å². The van der Waals surface area contributed by atoms with Gasteiger partial charge in [-0.2, -0.15) is 17.0 Å². The summed E-state index contributed by atoms with van der Waals surface area (Å²) in [6.45, 7) is 5.58. The fourth-order valence-electron chi connectivity index (χ4n) is 3.06. The molecule has 2 fully saturated rings. The van der Waals surface area contributed by atoms with E-state index in [4.69, 9.17) is 10.5 Å². The van der Waals surface area contributed by atoms with Gasteiger partial charge in [0.2, 0.25) is 0 Å². The number of piperidine rings is 2. The van der Waals surface area contributed by atoms with Crippen molar-refractivity contribution in [2.24, 2.45) is 11.7 Å². The lowest BCUT2D eigenvalue weighted by Gasteiger charge is -2.37. The van der Waals surface area contributed by atoms with Crippen molar-refractivity contribution in [3.63, 3.8) is 0 Å². The summed E-state index contributed by atoms with van der Waals surface area (Å²) < 4.78 is 34.1. The van der Waals surface area contributed by atoms with Crippen molar-refractivity contribution in [3.05, 3.63) is 0 Å². The summed E-state index contributed by atoms with van der Waals surface area (Å²) in [6.07, 6.45) is 3.75. The van der Waals surface area contributed by atoms with Crippen LogP contribution in [0.5, 0.6) is 0 Å². The van der Waals surface area contributed by atoms with Gasteiger partial charge in [0.1, 0.15) is 0 Å². The van der Waals surface area contributed by atoms with Crippen LogP contribution < -0.4 is 5.73 Å². The van der Waals surface area contributed by atoms with Crippen LogP contribution in [0.3, 0.4) is 0 Å². The molecule has 0 radical (unpaired) electrons. The highest BCUT2D eigenvalue weighted by Gasteiger charge is 2.35. The third-order valence-electron chi connectivity index (χ3n) is 4.27. The van der Waals surface area contributed by atoms with Crippen LogP contribution in [0.4, 0.5) is 0 Å². The molecule has 7 heteroatoms. The number of hydrogen-bond donors (Lipinski definition) is 1. The smallest absolute Gasteiger partial charge is 0.281 e. The average molecular weight is 305 g/mol. The lowest BCUT2D eigenvalue weighted by molar-refractivity contribution is 0.0278. The highest BCUT2D eigenvalue weighted by molar-refractivity contribution is 7.86. The van der Waals surface area contributed by atoms with E-state index in [0.29, 0.717) is 45.2 Å². The summed E-state index contributed by atoms with van der Waals surface area (Å²) in [5, 5.41) is 0. The number of ether oxygens (including phenoxy) is 1. The van der Waals surface area contributed by atoms with Gasteiger partial charge in [-0.05, 0) is 45.1 Å². The van der Waals surface area contributed by atoms with E-state index in [1.165, 1.54) is 0 Å². The van der Waals surface area contributed by atoms with Gasteiger partial charge in [-0.1, -0.05) is 0 Å². The minimum absolute atomic E-state index is 0.213. The molecule has 0 amide bonds. The maximum absolute atomic E-state index is 12.6. The van der Waals surface area contributed by atoms with Gasteiger partial charge < -0.3 is 10.5 Å². The van der Waals surface area contributed by atoms with Crippen LogP contribution in [0.2, 0.25) is 0 Å². The van der Waals surface area contributed by atoms with Crippen molar-refractivity contribution in [1.82, 2.24) is 8.61 Å². The quantitative estimate of drug-likeness (QED) is 0.798. The Morgan fingerprint density at radius 3 is 2.45 bits per heavy atom. The van der Waals surface area contributed by atoms with E-state index in [9.17, 15) is 8.42 Å². The number of hydrogen-bond acceptors (Lipinski definition) is 4. The second kappa shape index (κ2) is 7.17. The molecule has 118 valence electrons. The Kier molecular flexibility index (Phi) is 5.80. The molecule has 1 atom stereocenters. The molecule has 1 unspecified atom stereocenters. The van der Waals surface area contributed by atoms with Gasteiger partial charge in [-0.25, -0.2) is 0 Å². The van der Waals surface area contributed by atoms with Crippen molar-refractivity contribution in [1.29, 1.82) is 0 Å². The van der Waals surface area contributed by atoms with Crippen molar-refractivity contribution in [3.8, 4) is 0 Å². The molecule has 20 heavy (non-hydrogen) atoms. The van der Waals surface area contributed by atoms with Gasteiger partial charge in [0.15, 0.2) is 0 Å². The molecule has 0 aliphatic carbocycles. The molecule has 2 aliphatic rings. The highest BCUT2D eigenvalue weighted by atomic mass is 32.2. The molecule has 2 aliphatic heterocycles. The van der Waals surface area contributed by atoms with E-state index in [0.717, 1.165) is 25.7 Å². The standard InChI is InChI=1S/C13H27N3O3S/c1-2-19-13-5-8-15(9-6-13)20(17,18)16-7-3-4-12(10-14)11-16/h12-13H,2-11,14H2,1H3. The number of rotatable bonds is 5. The SMILES string of the molecule is CCOC1CCN(S(=O)(=O)N2CCCC(CN)C2)CC1. The fourth-order valence-corrected chi connectivity index (χ4v) is 4.82. The van der Waals surface area contributed by atoms with E-state index in [1.807, 2.05) is 6.92 Å². The maximum Gasteiger partial charge on any atom is 0.281 e. The predicted octanol–water partition coefficient (Wildman–Crippen LogP) is 0.403. The number of nitrogens with zero attached hydrogens (tertiary/aromatic N) is 2. The molecule has 2 saturated heterocycles. The third kappa shape index (κ3) is 3.71. The van der Waals surface area contributed by atoms with Gasteiger partial charge in [0, 0.05) is 32.8 Å². The molecule has 0 aromatic heterocycles. The summed E-state index contributed by atoms with van der Waals surface area (Å²) in [7, 11) is -3.31. The molecule has 0 spiro atoms. The number of nitrogens with two attached hydrogens (primary N) is 1. The molecule has 0 aromatic rings. The van der Waals surface area contributed by atoms with Gasteiger partial charge in [0.05, 0.1) is 6.10 Å². The molecule has 2 rings (SSSR count). The lowest BCUT2D eigenvalue weighted by atomic mass is 10.0. The normalized spacial score (nSPS) is 27.8. The first-order chi connectivity index (χ1) is 9.57. The van der Waals surface area contributed by atoms with E-state index in [-0.39, 0.29) is 6.10 Å². The highest BCUT2D eigenvalue weighted by Crippen LogP contribution is 2.23. The van der Waals surface area contributed by atoms with Gasteiger partial charge in [-0.15, -0.1) is 0 Å². The first-order valence-corrected chi connectivity index (χ1v) is 9.04. The molecule has 0 saturated carbocycles. The van der Waals surface area contributed by atoms with Crippen LogP contribution in [0.15, 0.2) is 0 Å². The molecular formula is C13H27N3O3S. The van der Waals surface area contributed by atoms with Crippen LogP contribution in [-0.2, 0) is 14.9 Å². The van der Waals surface area contributed by atoms with Crippen LogP contribution in [0, 0.1) is 5.92 Å². The first-order valence-electron chi connectivity index (χ1n) is 7.64. The van der Waals surface area contributed by atoms with Crippen LogP contribution in [-0.4, -0.2) is 62.5 Å². The fraction of sp³-hybridized carbons (Fsp3) is 1.00. The maximum atomic E-state index is 12.6. The Morgan fingerprint density at radius 1 is 1.15 bits per heavy atom. The molecule has 0 bridgehead atoms. The van der Waals surface area contributed by atoms with Crippen molar-refractivity contribution < 1.29 is 13.2 Å².